The molecule has 1 saturated heterocycles. The first-order valence-corrected chi connectivity index (χ1v) is 10.7. The van der Waals surface area contributed by atoms with Crippen LogP contribution in [0.5, 0.6) is 0 Å². The van der Waals surface area contributed by atoms with Gasteiger partial charge in [-0.15, -0.1) is 0 Å². The van der Waals surface area contributed by atoms with Crippen molar-refractivity contribution in [2.75, 3.05) is 30.2 Å². The van der Waals surface area contributed by atoms with Crippen molar-refractivity contribution in [2.45, 2.75) is 12.5 Å². The van der Waals surface area contributed by atoms with Crippen molar-refractivity contribution in [2.24, 2.45) is 5.92 Å². The van der Waals surface area contributed by atoms with E-state index in [4.69, 9.17) is 0 Å². The molecule has 0 spiro atoms. The monoisotopic (exact) mass is 407 g/mol. The van der Waals surface area contributed by atoms with E-state index in [1.54, 1.807) is 12.4 Å². The smallest absolute Gasteiger partial charge is 0.243 e. The van der Waals surface area contributed by atoms with E-state index in [-0.39, 0.29) is 18.2 Å². The highest BCUT2D eigenvalue weighted by molar-refractivity contribution is 7.92. The van der Waals surface area contributed by atoms with Gasteiger partial charge in [0, 0.05) is 31.4 Å². The number of amides is 1. The minimum atomic E-state index is -3.79. The third-order valence-corrected chi connectivity index (χ3v) is 5.92. The quantitative estimate of drug-likeness (QED) is 0.773. The Morgan fingerprint density at radius 1 is 1.29 bits per heavy atom. The molecule has 1 aliphatic heterocycles. The van der Waals surface area contributed by atoms with Gasteiger partial charge in [0.15, 0.2) is 0 Å². The second-order valence-corrected chi connectivity index (χ2v) is 8.84. The second kappa shape index (κ2) is 8.24. The minimum absolute atomic E-state index is 0.0870. The summed E-state index contributed by atoms with van der Waals surface area (Å²) in [5.41, 5.74) is 1.09. The zero-order chi connectivity index (χ0) is 20.3. The molecule has 2 aromatic rings. The molecule has 0 radical (unpaired) electrons. The highest BCUT2D eigenvalue weighted by Crippen LogP contribution is 2.23. The summed E-state index contributed by atoms with van der Waals surface area (Å²) in [6, 6.07) is 8.80. The van der Waals surface area contributed by atoms with Crippen LogP contribution in [0.1, 0.15) is 5.56 Å². The number of rotatable bonds is 6. The van der Waals surface area contributed by atoms with E-state index in [1.165, 1.54) is 23.1 Å². The lowest BCUT2D eigenvalue weighted by atomic mass is 9.97. The summed E-state index contributed by atoms with van der Waals surface area (Å²) in [6.45, 7) is 0.00932. The average molecular weight is 407 g/mol. The number of benzene rings is 1. The number of β-amino-alcohol motifs (C(OH)–C–C–N with tert-alkyl or cyclic N) is 1. The lowest BCUT2D eigenvalue weighted by Gasteiger charge is -2.25. The molecule has 0 saturated carbocycles. The maximum Gasteiger partial charge on any atom is 0.243 e. The van der Waals surface area contributed by atoms with Gasteiger partial charge in [-0.1, -0.05) is 6.07 Å². The number of carbonyl (C=O) groups excluding carboxylic acids is 1. The Balaban J connectivity index is 1.70. The van der Waals surface area contributed by atoms with Crippen LogP contribution >= 0.6 is 0 Å². The van der Waals surface area contributed by atoms with Gasteiger partial charge in [-0.3, -0.25) is 14.1 Å². The maximum absolute atomic E-state index is 13.5. The Labute approximate surface area is 163 Å². The van der Waals surface area contributed by atoms with Crippen LogP contribution < -0.4 is 4.31 Å². The van der Waals surface area contributed by atoms with Crippen molar-refractivity contribution in [3.8, 4) is 0 Å². The zero-order valence-electron chi connectivity index (χ0n) is 15.4. The van der Waals surface area contributed by atoms with Crippen molar-refractivity contribution >= 4 is 21.6 Å². The van der Waals surface area contributed by atoms with Gasteiger partial charge in [-0.05, 0) is 42.3 Å². The normalized spacial score (nSPS) is 19.6. The van der Waals surface area contributed by atoms with Crippen LogP contribution in [-0.4, -0.2) is 61.3 Å². The predicted molar refractivity (Wildman–Crippen MR) is 103 cm³/mol. The van der Waals surface area contributed by atoms with E-state index in [9.17, 15) is 22.7 Å². The number of hydrogen-bond acceptors (Lipinski definition) is 5. The van der Waals surface area contributed by atoms with Crippen molar-refractivity contribution < 1.29 is 22.7 Å². The molecule has 2 atom stereocenters. The molecule has 1 aromatic heterocycles. The molecule has 150 valence electrons. The van der Waals surface area contributed by atoms with E-state index < -0.39 is 34.4 Å². The van der Waals surface area contributed by atoms with Crippen LogP contribution in [0.15, 0.2) is 48.8 Å². The molecular formula is C19H22FN3O4S. The molecule has 1 aliphatic rings. The zero-order valence-corrected chi connectivity index (χ0v) is 16.2. The Bertz CT molecular complexity index is 939. The molecule has 3 rings (SSSR count). The number of halogens is 1. The van der Waals surface area contributed by atoms with Crippen LogP contribution in [0.3, 0.4) is 0 Å². The number of aliphatic hydroxyl groups excluding tert-OH is 1. The molecule has 1 aromatic carbocycles. The fourth-order valence-electron chi connectivity index (χ4n) is 3.33. The third kappa shape index (κ3) is 4.85. The van der Waals surface area contributed by atoms with Crippen LogP contribution in [0.4, 0.5) is 10.1 Å². The molecule has 0 bridgehead atoms. The molecule has 7 nitrogen and oxygen atoms in total. The van der Waals surface area contributed by atoms with Crippen LogP contribution in [0, 0.1) is 11.7 Å². The number of aliphatic hydroxyl groups is 1. The summed E-state index contributed by atoms with van der Waals surface area (Å²) in [5.74, 6) is -1.18. The molecule has 2 heterocycles. The number of carbonyl (C=O) groups is 1. The number of aromatic nitrogens is 1. The Morgan fingerprint density at radius 2 is 2.00 bits per heavy atom. The Hall–Kier alpha value is -2.52. The number of hydrogen-bond donors (Lipinski definition) is 1. The lowest BCUT2D eigenvalue weighted by Crippen LogP contribution is -2.42. The van der Waals surface area contributed by atoms with Gasteiger partial charge in [-0.2, -0.15) is 0 Å². The summed E-state index contributed by atoms with van der Waals surface area (Å²) < 4.78 is 38.7. The van der Waals surface area contributed by atoms with E-state index in [2.05, 4.69) is 4.98 Å². The molecule has 9 heteroatoms. The number of anilines is 1. The van der Waals surface area contributed by atoms with Crippen LogP contribution in [0.2, 0.25) is 0 Å². The first kappa shape index (κ1) is 20.2. The predicted octanol–water partition coefficient (Wildman–Crippen LogP) is 1.05. The first-order valence-electron chi connectivity index (χ1n) is 8.82. The summed E-state index contributed by atoms with van der Waals surface area (Å²) in [5, 5.41) is 10.3. The summed E-state index contributed by atoms with van der Waals surface area (Å²) in [6.07, 6.45) is 4.20. The van der Waals surface area contributed by atoms with Gasteiger partial charge in [0.2, 0.25) is 15.9 Å². The van der Waals surface area contributed by atoms with Gasteiger partial charge >= 0.3 is 0 Å². The van der Waals surface area contributed by atoms with E-state index in [0.29, 0.717) is 13.0 Å². The van der Waals surface area contributed by atoms with E-state index >= 15 is 0 Å². The Kier molecular flexibility index (Phi) is 5.95. The van der Waals surface area contributed by atoms with Crippen LogP contribution in [0.25, 0.3) is 0 Å². The largest absolute Gasteiger partial charge is 0.391 e. The molecular weight excluding hydrogens is 385 g/mol. The molecule has 1 fully saturated rings. The molecule has 0 aliphatic carbocycles. The summed E-state index contributed by atoms with van der Waals surface area (Å²) in [4.78, 5) is 18.1. The van der Waals surface area contributed by atoms with E-state index in [0.717, 1.165) is 22.2 Å². The maximum atomic E-state index is 13.5. The van der Waals surface area contributed by atoms with Crippen molar-refractivity contribution in [3.63, 3.8) is 0 Å². The highest BCUT2D eigenvalue weighted by Gasteiger charge is 2.35. The van der Waals surface area contributed by atoms with Gasteiger partial charge in [0.25, 0.3) is 0 Å². The van der Waals surface area contributed by atoms with Gasteiger partial charge in [0.05, 0.1) is 18.0 Å². The lowest BCUT2D eigenvalue weighted by molar-refractivity contribution is -0.128. The fourth-order valence-corrected chi connectivity index (χ4v) is 4.18. The van der Waals surface area contributed by atoms with Crippen molar-refractivity contribution in [3.05, 3.63) is 60.2 Å². The first-order chi connectivity index (χ1) is 13.2. The van der Waals surface area contributed by atoms with Gasteiger partial charge < -0.3 is 10.0 Å². The van der Waals surface area contributed by atoms with Crippen molar-refractivity contribution in [1.82, 2.24) is 9.88 Å². The van der Waals surface area contributed by atoms with Crippen molar-refractivity contribution in [1.29, 1.82) is 0 Å². The molecule has 0 unspecified atom stereocenters. The average Bonchev–Trinajstić information content (AvgIpc) is 3.00. The second-order valence-electron chi connectivity index (χ2n) is 6.94. The van der Waals surface area contributed by atoms with Gasteiger partial charge in [-0.25, -0.2) is 12.8 Å². The SMILES string of the molecule is CS(=O)(=O)N(CC(=O)N1C[C@@H](Cc2ccncc2)[C@H](O)C1)c1cccc(F)c1. The third-order valence-electron chi connectivity index (χ3n) is 4.78. The summed E-state index contributed by atoms with van der Waals surface area (Å²) in [7, 11) is -3.79. The molecule has 1 amide bonds. The van der Waals surface area contributed by atoms with Gasteiger partial charge in [0.1, 0.15) is 12.4 Å². The molecule has 28 heavy (non-hydrogen) atoms. The highest BCUT2D eigenvalue weighted by atomic mass is 32.2. The van der Waals surface area contributed by atoms with E-state index in [1.807, 2.05) is 12.1 Å². The fraction of sp³-hybridized carbons (Fsp3) is 0.368. The minimum Gasteiger partial charge on any atom is -0.391 e. The number of sulfonamides is 1. The topological polar surface area (TPSA) is 90.8 Å². The number of pyridine rings is 1. The summed E-state index contributed by atoms with van der Waals surface area (Å²) >= 11 is 0. The van der Waals surface area contributed by atoms with Crippen LogP contribution in [-0.2, 0) is 21.2 Å². The number of likely N-dealkylation sites (tertiary alicyclic amines) is 1. The Morgan fingerprint density at radius 3 is 2.64 bits per heavy atom. The standard InChI is InChI=1S/C19H22FN3O4S/c1-28(26,27)23(17-4-2-3-16(20)10-17)13-19(25)22-11-15(18(24)12-22)9-14-5-7-21-8-6-14/h2-8,10,15,18,24H,9,11-13H2,1H3/t15-,18-/m1/s1. The molecule has 1 N–H and O–H groups in total. The number of nitrogens with zero attached hydrogens (tertiary/aromatic N) is 3.